The summed E-state index contributed by atoms with van der Waals surface area (Å²) in [4.78, 5) is 0. The maximum atomic E-state index is 6.03. The van der Waals surface area contributed by atoms with Gasteiger partial charge in [-0.15, -0.1) is 17.3 Å². The molecule has 0 aliphatic heterocycles. The molecule has 5 N–H and O–H groups in total. The summed E-state index contributed by atoms with van der Waals surface area (Å²) in [6, 6.07) is 14.5. The highest BCUT2D eigenvalue weighted by Gasteiger charge is 2.13. The summed E-state index contributed by atoms with van der Waals surface area (Å²) in [5.74, 6) is 18.7. The molecule has 0 spiro atoms. The molecule has 5 nitrogen and oxygen atoms in total. The van der Waals surface area contributed by atoms with Crippen molar-refractivity contribution in [1.82, 2.24) is 5.43 Å². The van der Waals surface area contributed by atoms with Gasteiger partial charge in [0.25, 0.3) is 0 Å². The molecular formula is C24H28N4OS. The van der Waals surface area contributed by atoms with Crippen LogP contribution in [0, 0.1) is 11.8 Å². The highest BCUT2D eigenvalue weighted by molar-refractivity contribution is 7.17. The summed E-state index contributed by atoms with van der Waals surface area (Å²) in [5.41, 5.74) is 6.14. The Morgan fingerprint density at radius 1 is 1.20 bits per heavy atom. The molecule has 0 radical (unpaired) electrons. The highest BCUT2D eigenvalue weighted by Crippen LogP contribution is 2.32. The number of nitrogens with one attached hydrogen (secondary N) is 1. The van der Waals surface area contributed by atoms with Gasteiger partial charge in [-0.05, 0) is 64.6 Å². The minimum absolute atomic E-state index is 0.0437. The molecule has 3 aromatic rings. The van der Waals surface area contributed by atoms with Crippen molar-refractivity contribution < 1.29 is 4.74 Å². The van der Waals surface area contributed by atoms with Gasteiger partial charge in [-0.3, -0.25) is 0 Å². The van der Waals surface area contributed by atoms with Gasteiger partial charge < -0.3 is 16.0 Å². The number of nitrogens with zero attached hydrogens (tertiary/aromatic N) is 1. The zero-order valence-corrected chi connectivity index (χ0v) is 18.4. The molecular weight excluding hydrogens is 392 g/mol. The van der Waals surface area contributed by atoms with Crippen LogP contribution in [-0.4, -0.2) is 5.84 Å². The predicted molar refractivity (Wildman–Crippen MR) is 126 cm³/mol. The van der Waals surface area contributed by atoms with Gasteiger partial charge in [0.15, 0.2) is 0 Å². The van der Waals surface area contributed by atoms with Crippen LogP contribution < -0.4 is 21.8 Å². The Morgan fingerprint density at radius 2 is 1.97 bits per heavy atom. The minimum Gasteiger partial charge on any atom is -0.489 e. The van der Waals surface area contributed by atoms with Gasteiger partial charge in [0, 0.05) is 11.1 Å². The number of hydrazone groups is 1. The van der Waals surface area contributed by atoms with E-state index in [1.807, 2.05) is 31.2 Å². The third kappa shape index (κ3) is 5.12. The van der Waals surface area contributed by atoms with Gasteiger partial charge in [-0.1, -0.05) is 38.0 Å². The van der Waals surface area contributed by atoms with Crippen LogP contribution >= 0.6 is 11.3 Å². The zero-order valence-electron chi connectivity index (χ0n) is 17.6. The molecule has 0 bridgehead atoms. The summed E-state index contributed by atoms with van der Waals surface area (Å²) < 4.78 is 7.35. The Bertz CT molecular complexity index is 1070. The average molecular weight is 421 g/mol. The lowest BCUT2D eigenvalue weighted by atomic mass is 9.95. The Labute approximate surface area is 182 Å². The fourth-order valence-electron chi connectivity index (χ4n) is 3.36. The van der Waals surface area contributed by atoms with E-state index in [4.69, 9.17) is 16.4 Å². The molecule has 1 atom stereocenters. The molecule has 0 saturated heterocycles. The smallest absolute Gasteiger partial charge is 0.137 e. The molecule has 2 aromatic carbocycles. The summed E-state index contributed by atoms with van der Waals surface area (Å²) >= 11 is 1.80. The molecule has 3 rings (SSSR count). The van der Waals surface area contributed by atoms with E-state index in [-0.39, 0.29) is 5.92 Å². The first-order valence-electron chi connectivity index (χ1n) is 9.94. The quantitative estimate of drug-likeness (QED) is 0.168. The molecule has 6 heteroatoms. The van der Waals surface area contributed by atoms with Gasteiger partial charge in [0.2, 0.25) is 0 Å². The highest BCUT2D eigenvalue weighted by atomic mass is 32.1. The number of hydrogen-bond donors (Lipinski definition) is 3. The summed E-state index contributed by atoms with van der Waals surface area (Å²) in [7, 11) is 0. The van der Waals surface area contributed by atoms with E-state index in [9.17, 15) is 0 Å². The number of thiophene rings is 1. The van der Waals surface area contributed by atoms with Crippen molar-refractivity contribution in [2.75, 3.05) is 0 Å². The molecule has 0 amide bonds. The third-order valence-electron chi connectivity index (χ3n) is 5.02. The predicted octanol–water partition coefficient (Wildman–Crippen LogP) is 4.84. The molecule has 0 aliphatic rings. The van der Waals surface area contributed by atoms with E-state index >= 15 is 0 Å². The number of hydrogen-bond acceptors (Lipinski definition) is 5. The molecule has 0 aliphatic carbocycles. The second kappa shape index (κ2) is 10.1. The number of ether oxygens (including phenoxy) is 1. The first-order chi connectivity index (χ1) is 14.5. The molecule has 156 valence electrons. The third-order valence-corrected chi connectivity index (χ3v) is 6.00. The van der Waals surface area contributed by atoms with E-state index in [1.54, 1.807) is 11.3 Å². The van der Waals surface area contributed by atoms with E-state index in [0.717, 1.165) is 11.3 Å². The molecule has 0 fully saturated rings. The molecule has 30 heavy (non-hydrogen) atoms. The lowest BCUT2D eigenvalue weighted by Gasteiger charge is -2.13. The van der Waals surface area contributed by atoms with E-state index < -0.39 is 0 Å². The van der Waals surface area contributed by atoms with E-state index in [0.29, 0.717) is 24.8 Å². The molecule has 1 aromatic heterocycles. The Kier molecular flexibility index (Phi) is 7.34. The lowest BCUT2D eigenvalue weighted by molar-refractivity contribution is 0.306. The zero-order chi connectivity index (χ0) is 21.5. The fraction of sp³-hybridized carbons (Fsp3) is 0.292. The number of benzene rings is 2. The average Bonchev–Trinajstić information content (AvgIpc) is 3.19. The molecule has 0 saturated carbocycles. The van der Waals surface area contributed by atoms with E-state index in [1.165, 1.54) is 21.2 Å². The van der Waals surface area contributed by atoms with Crippen molar-refractivity contribution >= 4 is 27.3 Å². The van der Waals surface area contributed by atoms with Crippen LogP contribution in [0.4, 0.5) is 0 Å². The van der Waals surface area contributed by atoms with E-state index in [2.05, 4.69) is 59.8 Å². The van der Waals surface area contributed by atoms with Crippen LogP contribution in [0.1, 0.15) is 55.7 Å². The van der Waals surface area contributed by atoms with Crippen LogP contribution in [0.2, 0.25) is 0 Å². The number of amidine groups is 1. The molecule has 1 heterocycles. The van der Waals surface area contributed by atoms with Crippen molar-refractivity contribution in [3.05, 3.63) is 64.5 Å². The topological polar surface area (TPSA) is 85.7 Å². The first-order valence-corrected chi connectivity index (χ1v) is 10.8. The van der Waals surface area contributed by atoms with Crippen LogP contribution in [0.25, 0.3) is 10.1 Å². The standard InChI is InChI=1S/C24H28N4OS/c1-4-5-19(13-24(27-25)28-26)18-7-9-20(10-8-18)29-14-17-6-11-23-21(12-17)22(15-30-23)16(2)3/h6-12,15-16,19H,13-14,25-26H2,1-3H3,(H,27,28)/t19-/m0/s1. The normalized spacial score (nSPS) is 12.5. The van der Waals surface area contributed by atoms with Crippen molar-refractivity contribution in [2.24, 2.45) is 16.8 Å². The van der Waals surface area contributed by atoms with Gasteiger partial charge in [0.1, 0.15) is 18.2 Å². The second-order valence-corrected chi connectivity index (χ2v) is 8.32. The van der Waals surface area contributed by atoms with Gasteiger partial charge in [0.05, 0.1) is 5.92 Å². The van der Waals surface area contributed by atoms with Gasteiger partial charge in [-0.25, -0.2) is 5.84 Å². The van der Waals surface area contributed by atoms with Crippen molar-refractivity contribution in [1.29, 1.82) is 0 Å². The second-order valence-electron chi connectivity index (χ2n) is 7.41. The Morgan fingerprint density at radius 3 is 2.60 bits per heavy atom. The van der Waals surface area contributed by atoms with Crippen LogP contribution in [0.5, 0.6) is 5.75 Å². The SMILES string of the molecule is CC#C[C@@H](C/C(=N/N)NN)c1ccc(OCc2ccc3scc(C(C)C)c3c2)cc1. The fourth-order valence-corrected chi connectivity index (χ4v) is 4.47. The van der Waals surface area contributed by atoms with Crippen molar-refractivity contribution in [3.63, 3.8) is 0 Å². The summed E-state index contributed by atoms with van der Waals surface area (Å²) in [6.07, 6.45) is 0.521. The Hall–Kier alpha value is -3.01. The minimum atomic E-state index is -0.0437. The van der Waals surface area contributed by atoms with Gasteiger partial charge in [-0.2, -0.15) is 5.10 Å². The first kappa shape index (κ1) is 21.7. The number of fused-ring (bicyclic) bond motifs is 1. The van der Waals surface area contributed by atoms with Crippen LogP contribution in [-0.2, 0) is 6.61 Å². The maximum Gasteiger partial charge on any atom is 0.137 e. The van der Waals surface area contributed by atoms with Crippen LogP contribution in [0.3, 0.4) is 0 Å². The lowest BCUT2D eigenvalue weighted by Crippen LogP contribution is -2.32. The summed E-state index contributed by atoms with van der Waals surface area (Å²) in [6.45, 7) is 6.80. The maximum absolute atomic E-state index is 6.03. The van der Waals surface area contributed by atoms with Crippen LogP contribution in [0.15, 0.2) is 52.9 Å². The summed E-state index contributed by atoms with van der Waals surface area (Å²) in [5, 5.41) is 7.25. The Balaban J connectivity index is 1.70. The number of nitrogens with two attached hydrogens (primary N) is 2. The number of rotatable bonds is 7. The van der Waals surface area contributed by atoms with Gasteiger partial charge >= 0.3 is 0 Å². The monoisotopic (exact) mass is 420 g/mol. The number of hydrazine groups is 1. The van der Waals surface area contributed by atoms with Crippen molar-refractivity contribution in [2.45, 2.75) is 45.6 Å². The van der Waals surface area contributed by atoms with Crippen molar-refractivity contribution in [3.8, 4) is 17.6 Å². The largest absolute Gasteiger partial charge is 0.489 e. The molecule has 0 unspecified atom stereocenters.